The van der Waals surface area contributed by atoms with Crippen LogP contribution in [0.4, 0.5) is 5.69 Å². The highest BCUT2D eigenvalue weighted by Gasteiger charge is 2.11. The van der Waals surface area contributed by atoms with E-state index in [9.17, 15) is 14.4 Å². The fourth-order valence-corrected chi connectivity index (χ4v) is 2.40. The van der Waals surface area contributed by atoms with Crippen molar-refractivity contribution in [3.63, 3.8) is 0 Å². The summed E-state index contributed by atoms with van der Waals surface area (Å²) < 4.78 is 15.2. The van der Waals surface area contributed by atoms with Crippen LogP contribution in [0.25, 0.3) is 0 Å². The molecule has 7 heteroatoms. The normalized spacial score (nSPS) is 10.3. The van der Waals surface area contributed by atoms with Gasteiger partial charge in [0.05, 0.1) is 24.3 Å². The topological polar surface area (TPSA) is 90.9 Å². The lowest BCUT2D eigenvalue weighted by atomic mass is 10.1. The molecule has 2 rings (SSSR count). The molecule has 0 saturated heterocycles. The first-order valence-corrected chi connectivity index (χ1v) is 9.35. The van der Waals surface area contributed by atoms with Crippen LogP contribution in [0.3, 0.4) is 0 Å². The number of nitrogens with one attached hydrogen (secondary N) is 1. The van der Waals surface area contributed by atoms with Gasteiger partial charge in [0, 0.05) is 12.8 Å². The fraction of sp³-hybridized carbons (Fsp3) is 0.318. The number of esters is 2. The summed E-state index contributed by atoms with van der Waals surface area (Å²) in [6.07, 6.45) is 1.76. The average Bonchev–Trinajstić information content (AvgIpc) is 2.73. The lowest BCUT2D eigenvalue weighted by Crippen LogP contribution is -2.21. The zero-order valence-electron chi connectivity index (χ0n) is 16.6. The number of hydrogen-bond acceptors (Lipinski definition) is 6. The molecule has 0 atom stereocenters. The highest BCUT2D eigenvalue weighted by Crippen LogP contribution is 2.11. The minimum absolute atomic E-state index is 0.351. The van der Waals surface area contributed by atoms with Gasteiger partial charge in [-0.1, -0.05) is 25.5 Å². The molecular weight excluding hydrogens is 374 g/mol. The number of hydrogen-bond donors (Lipinski definition) is 1. The molecule has 1 N–H and O–H groups in total. The molecule has 0 aliphatic rings. The van der Waals surface area contributed by atoms with Gasteiger partial charge in [0.15, 0.2) is 6.61 Å². The van der Waals surface area contributed by atoms with Crippen LogP contribution in [0.5, 0.6) is 0 Å². The minimum Gasteiger partial charge on any atom is -0.462 e. The van der Waals surface area contributed by atoms with Crippen LogP contribution in [0, 0.1) is 0 Å². The molecule has 1 amide bonds. The molecule has 0 saturated carbocycles. The number of methoxy groups -OCH3 is 1. The van der Waals surface area contributed by atoms with Crippen molar-refractivity contribution >= 4 is 23.5 Å². The van der Waals surface area contributed by atoms with Gasteiger partial charge in [-0.3, -0.25) is 4.79 Å². The minimum atomic E-state index is -0.589. The van der Waals surface area contributed by atoms with Crippen LogP contribution >= 0.6 is 0 Å². The molecule has 0 bridgehead atoms. The highest BCUT2D eigenvalue weighted by molar-refractivity contribution is 5.96. The largest absolute Gasteiger partial charge is 0.462 e. The first-order chi connectivity index (χ1) is 14.0. The maximum absolute atomic E-state index is 12.0. The van der Waals surface area contributed by atoms with E-state index in [0.29, 0.717) is 30.0 Å². The summed E-state index contributed by atoms with van der Waals surface area (Å²) >= 11 is 0. The molecule has 0 unspecified atom stereocenters. The van der Waals surface area contributed by atoms with Gasteiger partial charge in [-0.25, -0.2) is 9.59 Å². The first-order valence-electron chi connectivity index (χ1n) is 9.35. The summed E-state index contributed by atoms with van der Waals surface area (Å²) in [4.78, 5) is 35.8. The number of ether oxygens (including phenoxy) is 3. The summed E-state index contributed by atoms with van der Waals surface area (Å²) in [6, 6.07) is 13.1. The van der Waals surface area contributed by atoms with Crippen LogP contribution in [0.15, 0.2) is 48.5 Å². The zero-order valence-corrected chi connectivity index (χ0v) is 16.6. The Balaban J connectivity index is 1.79. The Morgan fingerprint density at radius 3 is 2.03 bits per heavy atom. The molecule has 0 fully saturated rings. The van der Waals surface area contributed by atoms with Gasteiger partial charge in [0.1, 0.15) is 0 Å². The van der Waals surface area contributed by atoms with E-state index in [4.69, 9.17) is 14.2 Å². The van der Waals surface area contributed by atoms with E-state index in [1.165, 1.54) is 0 Å². The third-order valence-electron chi connectivity index (χ3n) is 3.97. The monoisotopic (exact) mass is 399 g/mol. The van der Waals surface area contributed by atoms with E-state index < -0.39 is 24.5 Å². The summed E-state index contributed by atoms with van der Waals surface area (Å²) in [5.74, 6) is -1.47. The van der Waals surface area contributed by atoms with Gasteiger partial charge in [0.2, 0.25) is 0 Å². The van der Waals surface area contributed by atoms with Crippen LogP contribution in [0.1, 0.15) is 46.0 Å². The number of carbonyl (C=O) groups excluding carboxylic acids is 3. The summed E-state index contributed by atoms with van der Waals surface area (Å²) in [5.41, 5.74) is 2.17. The Morgan fingerprint density at radius 2 is 1.45 bits per heavy atom. The van der Waals surface area contributed by atoms with Crippen molar-refractivity contribution in [1.29, 1.82) is 0 Å². The van der Waals surface area contributed by atoms with E-state index in [0.717, 1.165) is 18.4 Å². The Morgan fingerprint density at radius 1 is 0.862 bits per heavy atom. The van der Waals surface area contributed by atoms with Gasteiger partial charge in [-0.15, -0.1) is 0 Å². The molecule has 154 valence electrons. The number of amides is 1. The van der Waals surface area contributed by atoms with Crippen molar-refractivity contribution in [2.24, 2.45) is 0 Å². The lowest BCUT2D eigenvalue weighted by Gasteiger charge is -2.08. The predicted molar refractivity (Wildman–Crippen MR) is 108 cm³/mol. The number of unbranched alkanes of at least 4 members (excludes halogenated alkanes) is 1. The standard InChI is InChI=1S/C22H25NO6/c1-3-4-13-28-21(25)18-9-11-19(12-10-18)23-20(24)15-29-22(26)17-7-5-16(6-8-17)14-27-2/h5-12H,3-4,13-15H2,1-2H3,(H,23,24). The number of carbonyl (C=O) groups is 3. The van der Waals surface area contributed by atoms with Crippen molar-refractivity contribution in [3.05, 3.63) is 65.2 Å². The van der Waals surface area contributed by atoms with Gasteiger partial charge in [-0.05, 0) is 48.4 Å². The molecule has 0 aliphatic heterocycles. The van der Waals surface area contributed by atoms with E-state index in [1.807, 2.05) is 6.92 Å². The van der Waals surface area contributed by atoms with E-state index in [2.05, 4.69) is 5.32 Å². The van der Waals surface area contributed by atoms with Crippen LogP contribution < -0.4 is 5.32 Å². The van der Waals surface area contributed by atoms with Gasteiger partial charge < -0.3 is 19.5 Å². The Labute approximate surface area is 170 Å². The Bertz CT molecular complexity index is 814. The first kappa shape index (κ1) is 22.1. The number of benzene rings is 2. The smallest absolute Gasteiger partial charge is 0.338 e. The van der Waals surface area contributed by atoms with Crippen LogP contribution in [0.2, 0.25) is 0 Å². The second kappa shape index (κ2) is 11.6. The highest BCUT2D eigenvalue weighted by atomic mass is 16.5. The van der Waals surface area contributed by atoms with Gasteiger partial charge >= 0.3 is 11.9 Å². The predicted octanol–water partition coefficient (Wildman–Crippen LogP) is 3.59. The third-order valence-corrected chi connectivity index (χ3v) is 3.97. The second-order valence-corrected chi connectivity index (χ2v) is 6.32. The molecular formula is C22H25NO6. The van der Waals surface area contributed by atoms with E-state index in [1.54, 1.807) is 55.6 Å². The van der Waals surface area contributed by atoms with Crippen LogP contribution in [-0.2, 0) is 25.6 Å². The molecule has 0 spiro atoms. The molecule has 0 aliphatic carbocycles. The van der Waals surface area contributed by atoms with Crippen LogP contribution in [-0.4, -0.2) is 38.2 Å². The average molecular weight is 399 g/mol. The number of rotatable bonds is 10. The lowest BCUT2D eigenvalue weighted by molar-refractivity contribution is -0.119. The third kappa shape index (κ3) is 7.38. The maximum Gasteiger partial charge on any atom is 0.338 e. The van der Waals surface area contributed by atoms with Gasteiger partial charge in [0.25, 0.3) is 5.91 Å². The fourth-order valence-electron chi connectivity index (χ4n) is 2.40. The summed E-state index contributed by atoms with van der Waals surface area (Å²) in [6.45, 7) is 2.43. The van der Waals surface area contributed by atoms with Crippen molar-refractivity contribution in [1.82, 2.24) is 0 Å². The van der Waals surface area contributed by atoms with E-state index in [-0.39, 0.29) is 0 Å². The van der Waals surface area contributed by atoms with Crippen molar-refractivity contribution < 1.29 is 28.6 Å². The van der Waals surface area contributed by atoms with E-state index >= 15 is 0 Å². The summed E-state index contributed by atoms with van der Waals surface area (Å²) in [7, 11) is 1.59. The molecule has 7 nitrogen and oxygen atoms in total. The quantitative estimate of drug-likeness (QED) is 0.485. The molecule has 2 aromatic carbocycles. The van der Waals surface area contributed by atoms with Gasteiger partial charge in [-0.2, -0.15) is 0 Å². The zero-order chi connectivity index (χ0) is 21.1. The SMILES string of the molecule is CCCCOC(=O)c1ccc(NC(=O)COC(=O)c2ccc(COC)cc2)cc1. The second-order valence-electron chi connectivity index (χ2n) is 6.32. The molecule has 0 heterocycles. The van der Waals surface area contributed by atoms with Crippen molar-refractivity contribution in [2.45, 2.75) is 26.4 Å². The van der Waals surface area contributed by atoms with Crippen molar-refractivity contribution in [3.8, 4) is 0 Å². The number of anilines is 1. The molecule has 29 heavy (non-hydrogen) atoms. The molecule has 2 aromatic rings. The maximum atomic E-state index is 12.0. The molecule has 0 aromatic heterocycles. The van der Waals surface area contributed by atoms with Crippen molar-refractivity contribution in [2.75, 3.05) is 25.6 Å². The Hall–Kier alpha value is -3.19. The molecule has 0 radical (unpaired) electrons. The summed E-state index contributed by atoms with van der Waals surface area (Å²) in [5, 5.41) is 2.61. The Kier molecular flexibility index (Phi) is 8.85.